The third kappa shape index (κ3) is 4.61. The van der Waals surface area contributed by atoms with Gasteiger partial charge in [-0.05, 0) is 41.5 Å². The molecule has 1 heterocycles. The summed E-state index contributed by atoms with van der Waals surface area (Å²) in [6.07, 6.45) is 1.92. The monoisotopic (exact) mass is 366 g/mol. The molecule has 0 fully saturated rings. The number of nitrogens with zero attached hydrogens (tertiary/aromatic N) is 1. The molecule has 0 saturated heterocycles. The molecule has 0 aliphatic rings. The molecule has 1 amide bonds. The van der Waals surface area contributed by atoms with E-state index in [1.165, 1.54) is 0 Å². The van der Waals surface area contributed by atoms with Crippen molar-refractivity contribution in [1.82, 2.24) is 10.3 Å². The Morgan fingerprint density at radius 3 is 2.62 bits per heavy atom. The van der Waals surface area contributed by atoms with Crippen LogP contribution in [0, 0.1) is 0 Å². The topological polar surface area (TPSA) is 62.2 Å². The van der Waals surface area contributed by atoms with Crippen molar-refractivity contribution in [3.63, 3.8) is 0 Å². The normalized spacial score (nSPS) is 11.7. The lowest BCUT2D eigenvalue weighted by molar-refractivity contribution is -0.121. The fraction of sp³-hybridized carbons (Fsp3) is 0.143. The summed E-state index contributed by atoms with van der Waals surface area (Å²) in [5.41, 5.74) is 2.49. The van der Waals surface area contributed by atoms with Crippen molar-refractivity contribution in [3.05, 3.63) is 94.8 Å². The Labute approximate surface area is 157 Å². The van der Waals surface area contributed by atoms with Gasteiger partial charge in [0.2, 0.25) is 5.91 Å². The maximum absolute atomic E-state index is 12.5. The van der Waals surface area contributed by atoms with Crippen LogP contribution >= 0.6 is 11.6 Å². The Balaban J connectivity index is 1.80. The van der Waals surface area contributed by atoms with Gasteiger partial charge in [0.05, 0.1) is 12.2 Å². The number of benzene rings is 2. The van der Waals surface area contributed by atoms with Gasteiger partial charge < -0.3 is 10.4 Å². The molecule has 0 aliphatic carbocycles. The second-order valence-corrected chi connectivity index (χ2v) is 6.38. The lowest BCUT2D eigenvalue weighted by Gasteiger charge is -2.19. The second kappa shape index (κ2) is 8.50. The zero-order valence-electron chi connectivity index (χ0n) is 14.1. The molecule has 3 aromatic rings. The first-order valence-electron chi connectivity index (χ1n) is 8.33. The van der Waals surface area contributed by atoms with Gasteiger partial charge in [-0.25, -0.2) is 0 Å². The SMILES string of the molecule is O=C(C[C@H](c1cccc(O)c1)c1ccccc1Cl)NCc1ccccn1. The molecule has 4 nitrogen and oxygen atoms in total. The van der Waals surface area contributed by atoms with E-state index in [-0.39, 0.29) is 24.0 Å². The van der Waals surface area contributed by atoms with Crippen LogP contribution < -0.4 is 5.32 Å². The summed E-state index contributed by atoms with van der Waals surface area (Å²) in [4.78, 5) is 16.7. The van der Waals surface area contributed by atoms with Crippen LogP contribution in [-0.4, -0.2) is 16.0 Å². The molecule has 5 heteroatoms. The minimum absolute atomic E-state index is 0.107. The number of nitrogens with one attached hydrogen (secondary N) is 1. The van der Waals surface area contributed by atoms with E-state index in [4.69, 9.17) is 11.6 Å². The second-order valence-electron chi connectivity index (χ2n) is 5.97. The minimum atomic E-state index is -0.250. The fourth-order valence-corrected chi connectivity index (χ4v) is 3.12. The Bertz CT molecular complexity index is 884. The van der Waals surface area contributed by atoms with E-state index in [0.29, 0.717) is 11.6 Å². The maximum Gasteiger partial charge on any atom is 0.221 e. The number of phenolic OH excluding ortho intramolecular Hbond substituents is 1. The number of phenols is 1. The van der Waals surface area contributed by atoms with E-state index in [2.05, 4.69) is 10.3 Å². The van der Waals surface area contributed by atoms with Crippen molar-refractivity contribution < 1.29 is 9.90 Å². The molecular formula is C21H19ClN2O2. The van der Waals surface area contributed by atoms with Gasteiger partial charge in [0, 0.05) is 23.6 Å². The molecule has 2 N–H and O–H groups in total. The summed E-state index contributed by atoms with van der Waals surface area (Å²) >= 11 is 6.36. The highest BCUT2D eigenvalue weighted by Crippen LogP contribution is 2.34. The molecule has 132 valence electrons. The molecular weight excluding hydrogens is 348 g/mol. The van der Waals surface area contributed by atoms with Crippen molar-refractivity contribution in [2.75, 3.05) is 0 Å². The average molecular weight is 367 g/mol. The molecule has 1 aromatic heterocycles. The summed E-state index contributed by atoms with van der Waals surface area (Å²) in [5.74, 6) is -0.197. The molecule has 0 bridgehead atoms. The highest BCUT2D eigenvalue weighted by Gasteiger charge is 2.21. The lowest BCUT2D eigenvalue weighted by Crippen LogP contribution is -2.25. The quantitative estimate of drug-likeness (QED) is 0.684. The largest absolute Gasteiger partial charge is 0.508 e. The van der Waals surface area contributed by atoms with Crippen LogP contribution in [0.1, 0.15) is 29.2 Å². The molecule has 26 heavy (non-hydrogen) atoms. The Morgan fingerprint density at radius 2 is 1.88 bits per heavy atom. The number of amides is 1. The predicted octanol–water partition coefficient (Wildman–Crippen LogP) is 4.28. The van der Waals surface area contributed by atoms with E-state index >= 15 is 0 Å². The van der Waals surface area contributed by atoms with Crippen LogP contribution in [0.25, 0.3) is 0 Å². The molecule has 0 radical (unpaired) electrons. The number of carbonyl (C=O) groups excluding carboxylic acids is 1. The standard InChI is InChI=1S/C21H19ClN2O2/c22-20-10-2-1-9-18(20)19(15-6-5-8-17(25)12-15)13-21(26)24-14-16-7-3-4-11-23-16/h1-12,19,25H,13-14H2,(H,24,26)/t19-/m1/s1. The van der Waals surface area contributed by atoms with E-state index in [0.717, 1.165) is 16.8 Å². The molecule has 0 spiro atoms. The van der Waals surface area contributed by atoms with Gasteiger partial charge in [0.1, 0.15) is 5.75 Å². The number of rotatable bonds is 6. The zero-order chi connectivity index (χ0) is 18.4. The van der Waals surface area contributed by atoms with Gasteiger partial charge in [-0.3, -0.25) is 9.78 Å². The van der Waals surface area contributed by atoms with E-state index < -0.39 is 0 Å². The predicted molar refractivity (Wildman–Crippen MR) is 102 cm³/mol. The van der Waals surface area contributed by atoms with Crippen molar-refractivity contribution >= 4 is 17.5 Å². The molecule has 2 aromatic carbocycles. The van der Waals surface area contributed by atoms with Gasteiger partial charge in [0.25, 0.3) is 0 Å². The highest BCUT2D eigenvalue weighted by molar-refractivity contribution is 6.31. The molecule has 0 saturated carbocycles. The third-order valence-corrected chi connectivity index (χ3v) is 4.48. The van der Waals surface area contributed by atoms with Crippen LogP contribution in [-0.2, 0) is 11.3 Å². The van der Waals surface area contributed by atoms with Gasteiger partial charge in [-0.2, -0.15) is 0 Å². The van der Waals surface area contributed by atoms with Crippen LogP contribution in [0.2, 0.25) is 5.02 Å². The molecule has 0 unspecified atom stereocenters. The number of halogens is 1. The summed E-state index contributed by atoms with van der Waals surface area (Å²) in [7, 11) is 0. The lowest BCUT2D eigenvalue weighted by atomic mass is 9.88. The fourth-order valence-electron chi connectivity index (χ4n) is 2.86. The van der Waals surface area contributed by atoms with Crippen molar-refractivity contribution in [2.24, 2.45) is 0 Å². The highest BCUT2D eigenvalue weighted by atomic mass is 35.5. The first-order chi connectivity index (χ1) is 12.6. The van der Waals surface area contributed by atoms with Gasteiger partial charge in [-0.15, -0.1) is 0 Å². The van der Waals surface area contributed by atoms with Gasteiger partial charge in [0.15, 0.2) is 0 Å². The first-order valence-corrected chi connectivity index (χ1v) is 8.71. The number of carbonyl (C=O) groups is 1. The summed E-state index contributed by atoms with van der Waals surface area (Å²) in [6, 6.07) is 20.0. The maximum atomic E-state index is 12.5. The van der Waals surface area contributed by atoms with Crippen molar-refractivity contribution in [1.29, 1.82) is 0 Å². The first kappa shape index (κ1) is 18.0. The number of aromatic hydroxyl groups is 1. The molecule has 1 atom stereocenters. The van der Waals surface area contributed by atoms with Crippen molar-refractivity contribution in [2.45, 2.75) is 18.9 Å². The molecule has 0 aliphatic heterocycles. The van der Waals surface area contributed by atoms with Crippen LogP contribution in [0.5, 0.6) is 5.75 Å². The van der Waals surface area contributed by atoms with Crippen LogP contribution in [0.4, 0.5) is 0 Å². The average Bonchev–Trinajstić information content (AvgIpc) is 2.66. The Morgan fingerprint density at radius 1 is 1.08 bits per heavy atom. The number of pyridine rings is 1. The third-order valence-electron chi connectivity index (χ3n) is 4.14. The Kier molecular flexibility index (Phi) is 5.87. The summed E-state index contributed by atoms with van der Waals surface area (Å²) < 4.78 is 0. The van der Waals surface area contributed by atoms with E-state index in [1.807, 2.05) is 42.5 Å². The number of hydrogen-bond donors (Lipinski definition) is 2. The van der Waals surface area contributed by atoms with E-state index in [9.17, 15) is 9.90 Å². The van der Waals surface area contributed by atoms with Crippen LogP contribution in [0.15, 0.2) is 72.9 Å². The number of hydrogen-bond acceptors (Lipinski definition) is 3. The number of aromatic nitrogens is 1. The van der Waals surface area contributed by atoms with Crippen LogP contribution in [0.3, 0.4) is 0 Å². The minimum Gasteiger partial charge on any atom is -0.508 e. The smallest absolute Gasteiger partial charge is 0.221 e. The van der Waals surface area contributed by atoms with Crippen molar-refractivity contribution in [3.8, 4) is 5.75 Å². The summed E-state index contributed by atoms with van der Waals surface area (Å²) in [6.45, 7) is 0.370. The Hall–Kier alpha value is -2.85. The molecule has 3 rings (SSSR count). The zero-order valence-corrected chi connectivity index (χ0v) is 14.9. The van der Waals surface area contributed by atoms with Gasteiger partial charge >= 0.3 is 0 Å². The van der Waals surface area contributed by atoms with E-state index in [1.54, 1.807) is 30.5 Å². The summed E-state index contributed by atoms with van der Waals surface area (Å²) in [5, 5.41) is 13.3. The van der Waals surface area contributed by atoms with Gasteiger partial charge in [-0.1, -0.05) is 48.0 Å².